The molecule has 0 aliphatic heterocycles. The summed E-state index contributed by atoms with van der Waals surface area (Å²) >= 11 is 1.59. The predicted octanol–water partition coefficient (Wildman–Crippen LogP) is 4.40. The van der Waals surface area contributed by atoms with Crippen LogP contribution in [0.25, 0.3) is 0 Å². The molecule has 0 unspecified atom stereocenters. The number of anilines is 1. The van der Waals surface area contributed by atoms with Crippen molar-refractivity contribution in [1.29, 1.82) is 0 Å². The Balaban J connectivity index is 1.34. The Hall–Kier alpha value is -3.12. The van der Waals surface area contributed by atoms with E-state index in [0.29, 0.717) is 18.8 Å². The number of amides is 2. The Labute approximate surface area is 174 Å². The van der Waals surface area contributed by atoms with Crippen molar-refractivity contribution >= 4 is 28.8 Å². The van der Waals surface area contributed by atoms with Crippen LogP contribution in [-0.4, -0.2) is 18.4 Å². The van der Waals surface area contributed by atoms with Gasteiger partial charge in [-0.25, -0.2) is 0 Å². The maximum Gasteiger partial charge on any atom is 0.224 e. The van der Waals surface area contributed by atoms with Crippen LogP contribution in [-0.2, 0) is 22.6 Å². The van der Waals surface area contributed by atoms with E-state index >= 15 is 0 Å². The molecule has 0 aliphatic carbocycles. The van der Waals surface area contributed by atoms with E-state index in [1.807, 2.05) is 47.8 Å². The lowest BCUT2D eigenvalue weighted by molar-refractivity contribution is -0.124. The SMILES string of the molecule is O=C(CCC(=O)Nc1ccc(OCCc2ccccc2)cc1)NCc1cccs1. The number of carbonyl (C=O) groups is 2. The van der Waals surface area contributed by atoms with E-state index in [1.165, 1.54) is 5.56 Å². The molecule has 0 fully saturated rings. The normalized spacial score (nSPS) is 10.3. The summed E-state index contributed by atoms with van der Waals surface area (Å²) < 4.78 is 5.74. The first-order valence-electron chi connectivity index (χ1n) is 9.55. The maximum absolute atomic E-state index is 12.0. The molecule has 0 spiro atoms. The summed E-state index contributed by atoms with van der Waals surface area (Å²) in [4.78, 5) is 25.0. The number of nitrogens with one attached hydrogen (secondary N) is 2. The molecule has 29 heavy (non-hydrogen) atoms. The summed E-state index contributed by atoms with van der Waals surface area (Å²) in [6.07, 6.45) is 1.15. The molecule has 6 heteroatoms. The average molecular weight is 409 g/mol. The fraction of sp³-hybridized carbons (Fsp3) is 0.217. The van der Waals surface area contributed by atoms with Gasteiger partial charge in [-0.2, -0.15) is 0 Å². The minimum absolute atomic E-state index is 0.129. The highest BCUT2D eigenvalue weighted by Gasteiger charge is 2.08. The van der Waals surface area contributed by atoms with Crippen molar-refractivity contribution in [2.24, 2.45) is 0 Å². The number of thiophene rings is 1. The highest BCUT2D eigenvalue weighted by molar-refractivity contribution is 7.09. The van der Waals surface area contributed by atoms with Gasteiger partial charge in [-0.05, 0) is 41.3 Å². The van der Waals surface area contributed by atoms with E-state index in [-0.39, 0.29) is 24.7 Å². The summed E-state index contributed by atoms with van der Waals surface area (Å²) in [5, 5.41) is 7.59. The minimum atomic E-state index is -0.186. The van der Waals surface area contributed by atoms with Crippen LogP contribution in [0.5, 0.6) is 5.75 Å². The molecule has 0 aliphatic rings. The largest absolute Gasteiger partial charge is 0.493 e. The fourth-order valence-corrected chi connectivity index (χ4v) is 3.35. The summed E-state index contributed by atoms with van der Waals surface area (Å²) in [7, 11) is 0. The van der Waals surface area contributed by atoms with E-state index in [1.54, 1.807) is 23.5 Å². The van der Waals surface area contributed by atoms with Gasteiger partial charge in [0.2, 0.25) is 11.8 Å². The van der Waals surface area contributed by atoms with Gasteiger partial charge in [-0.3, -0.25) is 9.59 Å². The van der Waals surface area contributed by atoms with E-state index in [2.05, 4.69) is 22.8 Å². The van der Waals surface area contributed by atoms with Crippen molar-refractivity contribution in [3.63, 3.8) is 0 Å². The van der Waals surface area contributed by atoms with Gasteiger partial charge in [0, 0.05) is 29.8 Å². The first kappa shape index (κ1) is 20.6. The monoisotopic (exact) mass is 408 g/mol. The van der Waals surface area contributed by atoms with Crippen LogP contribution < -0.4 is 15.4 Å². The highest BCUT2D eigenvalue weighted by Crippen LogP contribution is 2.16. The molecule has 1 heterocycles. The Kier molecular flexibility index (Phi) is 7.83. The van der Waals surface area contributed by atoms with E-state index in [0.717, 1.165) is 17.0 Å². The third-order valence-corrected chi connectivity index (χ3v) is 5.14. The lowest BCUT2D eigenvalue weighted by Gasteiger charge is -2.09. The lowest BCUT2D eigenvalue weighted by Crippen LogP contribution is -2.24. The number of ether oxygens (including phenoxy) is 1. The van der Waals surface area contributed by atoms with Gasteiger partial charge in [-0.15, -0.1) is 11.3 Å². The van der Waals surface area contributed by atoms with Crippen LogP contribution in [0.1, 0.15) is 23.3 Å². The molecule has 2 aromatic carbocycles. The third-order valence-electron chi connectivity index (χ3n) is 4.26. The van der Waals surface area contributed by atoms with Crippen molar-refractivity contribution in [2.75, 3.05) is 11.9 Å². The number of hydrogen-bond donors (Lipinski definition) is 2. The van der Waals surface area contributed by atoms with Crippen LogP contribution in [0.15, 0.2) is 72.1 Å². The van der Waals surface area contributed by atoms with Gasteiger partial charge in [0.05, 0.1) is 13.2 Å². The second-order valence-corrected chi connectivity index (χ2v) is 7.54. The molecule has 0 bridgehead atoms. The Morgan fingerprint density at radius 2 is 1.62 bits per heavy atom. The molecule has 3 aromatic rings. The summed E-state index contributed by atoms with van der Waals surface area (Å²) in [5.41, 5.74) is 1.92. The zero-order valence-corrected chi connectivity index (χ0v) is 16.9. The van der Waals surface area contributed by atoms with Gasteiger partial charge in [-0.1, -0.05) is 36.4 Å². The molecule has 150 valence electrons. The number of carbonyl (C=O) groups excluding carboxylic acids is 2. The smallest absolute Gasteiger partial charge is 0.224 e. The lowest BCUT2D eigenvalue weighted by atomic mass is 10.2. The molecule has 2 N–H and O–H groups in total. The fourth-order valence-electron chi connectivity index (χ4n) is 2.70. The maximum atomic E-state index is 12.0. The molecule has 0 radical (unpaired) electrons. The van der Waals surface area contributed by atoms with Crippen molar-refractivity contribution in [2.45, 2.75) is 25.8 Å². The summed E-state index contributed by atoms with van der Waals surface area (Å²) in [5.74, 6) is 0.441. The second kappa shape index (κ2) is 11.0. The van der Waals surface area contributed by atoms with E-state index in [4.69, 9.17) is 4.74 Å². The molecular formula is C23H24N2O3S. The van der Waals surface area contributed by atoms with Gasteiger partial charge >= 0.3 is 0 Å². The first-order valence-corrected chi connectivity index (χ1v) is 10.4. The van der Waals surface area contributed by atoms with Crippen LogP contribution >= 0.6 is 11.3 Å². The van der Waals surface area contributed by atoms with Crippen LogP contribution in [0.3, 0.4) is 0 Å². The van der Waals surface area contributed by atoms with Crippen molar-refractivity contribution in [3.05, 3.63) is 82.6 Å². The Morgan fingerprint density at radius 1 is 0.862 bits per heavy atom. The Bertz CT molecular complexity index is 894. The molecule has 0 atom stereocenters. The highest BCUT2D eigenvalue weighted by atomic mass is 32.1. The number of hydrogen-bond acceptors (Lipinski definition) is 4. The quantitative estimate of drug-likeness (QED) is 0.522. The van der Waals surface area contributed by atoms with Gasteiger partial charge < -0.3 is 15.4 Å². The average Bonchev–Trinajstić information content (AvgIpc) is 3.26. The van der Waals surface area contributed by atoms with E-state index in [9.17, 15) is 9.59 Å². The van der Waals surface area contributed by atoms with E-state index < -0.39 is 0 Å². The zero-order chi connectivity index (χ0) is 20.3. The molecular weight excluding hydrogens is 384 g/mol. The van der Waals surface area contributed by atoms with Crippen molar-refractivity contribution < 1.29 is 14.3 Å². The zero-order valence-electron chi connectivity index (χ0n) is 16.1. The number of benzene rings is 2. The molecule has 1 aromatic heterocycles. The van der Waals surface area contributed by atoms with Crippen molar-refractivity contribution in [3.8, 4) is 5.75 Å². The van der Waals surface area contributed by atoms with Crippen LogP contribution in [0.4, 0.5) is 5.69 Å². The number of rotatable bonds is 10. The van der Waals surface area contributed by atoms with Gasteiger partial charge in [0.1, 0.15) is 5.75 Å². The second-order valence-electron chi connectivity index (χ2n) is 6.51. The van der Waals surface area contributed by atoms with Crippen LogP contribution in [0.2, 0.25) is 0 Å². The molecule has 0 saturated carbocycles. The topological polar surface area (TPSA) is 67.4 Å². The van der Waals surface area contributed by atoms with Crippen LogP contribution in [0, 0.1) is 0 Å². The standard InChI is InChI=1S/C23H24N2O3S/c26-22(24-17-21-7-4-16-29-21)12-13-23(27)25-19-8-10-20(11-9-19)28-15-14-18-5-2-1-3-6-18/h1-11,16H,12-15,17H2,(H,24,26)(H,25,27). The van der Waals surface area contributed by atoms with Crippen molar-refractivity contribution in [1.82, 2.24) is 5.32 Å². The molecule has 5 nitrogen and oxygen atoms in total. The van der Waals surface area contributed by atoms with Gasteiger partial charge in [0.15, 0.2) is 0 Å². The molecule has 0 saturated heterocycles. The first-order chi connectivity index (χ1) is 14.2. The summed E-state index contributed by atoms with van der Waals surface area (Å²) in [6.45, 7) is 1.10. The third kappa shape index (κ3) is 7.43. The van der Waals surface area contributed by atoms with Gasteiger partial charge in [0.25, 0.3) is 0 Å². The summed E-state index contributed by atoms with van der Waals surface area (Å²) in [6, 6.07) is 21.3. The molecule has 3 rings (SSSR count). The predicted molar refractivity (Wildman–Crippen MR) is 116 cm³/mol. The minimum Gasteiger partial charge on any atom is -0.493 e. The molecule has 2 amide bonds. The Morgan fingerprint density at radius 3 is 2.34 bits per heavy atom.